The van der Waals surface area contributed by atoms with Gasteiger partial charge in [-0.1, -0.05) is 162 Å². The normalized spacial score (nSPS) is 12.2. The molecule has 0 N–H and O–H groups in total. The maximum absolute atomic E-state index is 13.3. The topological polar surface area (TPSA) is 55.8 Å². The summed E-state index contributed by atoms with van der Waals surface area (Å²) in [4.78, 5) is 28.1. The van der Waals surface area contributed by atoms with Crippen molar-refractivity contribution in [3.8, 4) is 0 Å². The van der Waals surface area contributed by atoms with Gasteiger partial charge in [0, 0.05) is 6.42 Å². The predicted octanol–water partition coefficient (Wildman–Crippen LogP) is 11.6. The van der Waals surface area contributed by atoms with Gasteiger partial charge in [0.2, 0.25) is 0 Å². The van der Waals surface area contributed by atoms with Crippen molar-refractivity contribution in [2.45, 2.75) is 207 Å². The van der Waals surface area contributed by atoms with Crippen LogP contribution in [0.2, 0.25) is 0 Å². The SMILES string of the molecule is CCCCCCCCCCCC(COC(=O)C(CCCCCCCCC)CCCCCCCCC)OC(=O)CCCN(C)C. The minimum Gasteiger partial charge on any atom is -0.462 e. The van der Waals surface area contributed by atoms with E-state index in [-0.39, 0.29) is 30.6 Å². The van der Waals surface area contributed by atoms with Gasteiger partial charge in [0.15, 0.2) is 0 Å². The van der Waals surface area contributed by atoms with E-state index in [1.807, 2.05) is 14.1 Å². The molecule has 5 nitrogen and oxygen atoms in total. The zero-order valence-corrected chi connectivity index (χ0v) is 30.4. The van der Waals surface area contributed by atoms with Gasteiger partial charge in [0.1, 0.15) is 12.7 Å². The van der Waals surface area contributed by atoms with E-state index >= 15 is 0 Å². The molecule has 262 valence electrons. The summed E-state index contributed by atoms with van der Waals surface area (Å²) in [5, 5.41) is 0. The number of carbonyl (C=O) groups is 2. The third-order valence-electron chi connectivity index (χ3n) is 8.97. The predicted molar refractivity (Wildman–Crippen MR) is 189 cm³/mol. The van der Waals surface area contributed by atoms with Gasteiger partial charge in [0.05, 0.1) is 5.92 Å². The van der Waals surface area contributed by atoms with Crippen LogP contribution in [0, 0.1) is 5.92 Å². The highest BCUT2D eigenvalue weighted by Gasteiger charge is 2.22. The van der Waals surface area contributed by atoms with Gasteiger partial charge in [-0.05, 0) is 52.7 Å². The number of unbranched alkanes of at least 4 members (excludes halogenated alkanes) is 20. The highest BCUT2D eigenvalue weighted by Crippen LogP contribution is 2.22. The Morgan fingerprint density at radius 2 is 0.909 bits per heavy atom. The second-order valence-corrected chi connectivity index (χ2v) is 13.8. The van der Waals surface area contributed by atoms with Crippen molar-refractivity contribution in [2.24, 2.45) is 5.92 Å². The largest absolute Gasteiger partial charge is 0.462 e. The summed E-state index contributed by atoms with van der Waals surface area (Å²) in [5.74, 6) is -0.250. The first-order valence-corrected chi connectivity index (χ1v) is 19.4. The Balaban J connectivity index is 4.84. The molecule has 0 aromatic rings. The van der Waals surface area contributed by atoms with E-state index in [1.54, 1.807) is 0 Å². The number of carbonyl (C=O) groups excluding carboxylic acids is 2. The lowest BCUT2D eigenvalue weighted by Crippen LogP contribution is -2.28. The zero-order chi connectivity index (χ0) is 32.5. The van der Waals surface area contributed by atoms with Crippen LogP contribution in [-0.4, -0.2) is 50.2 Å². The molecule has 0 amide bonds. The standard InChI is InChI=1S/C39H77NO4/c1-6-9-12-15-18-19-22-25-28-32-37(44-38(41)33-29-34-40(4)5)35-43-39(42)36(30-26-23-20-16-13-10-7-2)31-27-24-21-17-14-11-8-3/h36-37H,6-35H2,1-5H3. The van der Waals surface area contributed by atoms with E-state index < -0.39 is 0 Å². The van der Waals surface area contributed by atoms with Gasteiger partial charge in [-0.15, -0.1) is 0 Å². The molecule has 5 heteroatoms. The van der Waals surface area contributed by atoms with E-state index in [0.717, 1.165) is 57.9 Å². The van der Waals surface area contributed by atoms with E-state index in [9.17, 15) is 9.59 Å². The van der Waals surface area contributed by atoms with Gasteiger partial charge in [-0.3, -0.25) is 9.59 Å². The summed E-state index contributed by atoms with van der Waals surface area (Å²) in [6.07, 6.45) is 32.5. The lowest BCUT2D eigenvalue weighted by molar-refractivity contribution is -0.162. The van der Waals surface area contributed by atoms with Crippen LogP contribution in [0.5, 0.6) is 0 Å². The molecule has 0 heterocycles. The first-order chi connectivity index (χ1) is 21.4. The maximum atomic E-state index is 13.3. The molecule has 0 saturated carbocycles. The molecule has 0 aliphatic rings. The van der Waals surface area contributed by atoms with Crippen LogP contribution in [0.25, 0.3) is 0 Å². The smallest absolute Gasteiger partial charge is 0.309 e. The molecule has 0 fully saturated rings. The van der Waals surface area contributed by atoms with Crippen molar-refractivity contribution in [1.82, 2.24) is 4.90 Å². The Hall–Kier alpha value is -1.10. The fourth-order valence-electron chi connectivity index (χ4n) is 6.01. The van der Waals surface area contributed by atoms with Crippen LogP contribution < -0.4 is 0 Å². The molecular weight excluding hydrogens is 546 g/mol. The van der Waals surface area contributed by atoms with Crippen LogP contribution in [-0.2, 0) is 19.1 Å². The number of esters is 2. The summed E-state index contributed by atoms with van der Waals surface area (Å²) < 4.78 is 11.8. The van der Waals surface area contributed by atoms with Gasteiger partial charge in [0.25, 0.3) is 0 Å². The van der Waals surface area contributed by atoms with Crippen LogP contribution in [0.3, 0.4) is 0 Å². The van der Waals surface area contributed by atoms with Crippen LogP contribution in [0.15, 0.2) is 0 Å². The Kier molecular flexibility index (Phi) is 32.4. The molecule has 0 aliphatic carbocycles. The quantitative estimate of drug-likeness (QED) is 0.0527. The third-order valence-corrected chi connectivity index (χ3v) is 8.97. The van der Waals surface area contributed by atoms with Crippen molar-refractivity contribution in [1.29, 1.82) is 0 Å². The van der Waals surface area contributed by atoms with Crippen molar-refractivity contribution in [3.63, 3.8) is 0 Å². The van der Waals surface area contributed by atoms with Crippen LogP contribution in [0.4, 0.5) is 0 Å². The minimum atomic E-state index is -0.326. The molecule has 0 spiro atoms. The molecular formula is C39H77NO4. The zero-order valence-electron chi connectivity index (χ0n) is 30.4. The Morgan fingerprint density at radius 3 is 1.32 bits per heavy atom. The van der Waals surface area contributed by atoms with E-state index in [1.165, 1.54) is 122 Å². The second-order valence-electron chi connectivity index (χ2n) is 13.8. The molecule has 1 unspecified atom stereocenters. The van der Waals surface area contributed by atoms with Crippen molar-refractivity contribution < 1.29 is 19.1 Å². The highest BCUT2D eigenvalue weighted by molar-refractivity contribution is 5.72. The van der Waals surface area contributed by atoms with Gasteiger partial charge in [-0.2, -0.15) is 0 Å². The van der Waals surface area contributed by atoms with Crippen LogP contribution in [0.1, 0.15) is 201 Å². The number of hydrogen-bond acceptors (Lipinski definition) is 5. The first-order valence-electron chi connectivity index (χ1n) is 19.4. The van der Waals surface area contributed by atoms with Gasteiger partial charge >= 0.3 is 11.9 Å². The van der Waals surface area contributed by atoms with Gasteiger partial charge in [-0.25, -0.2) is 0 Å². The molecule has 0 bridgehead atoms. The van der Waals surface area contributed by atoms with Crippen molar-refractivity contribution in [2.75, 3.05) is 27.2 Å². The average molecular weight is 624 g/mol. The molecule has 1 atom stereocenters. The average Bonchev–Trinajstić information content (AvgIpc) is 3.00. The molecule has 0 aromatic heterocycles. The summed E-state index contributed by atoms with van der Waals surface area (Å²) in [6, 6.07) is 0. The molecule has 44 heavy (non-hydrogen) atoms. The Morgan fingerprint density at radius 1 is 0.523 bits per heavy atom. The lowest BCUT2D eigenvalue weighted by atomic mass is 9.94. The van der Waals surface area contributed by atoms with E-state index in [0.29, 0.717) is 6.42 Å². The lowest BCUT2D eigenvalue weighted by Gasteiger charge is -2.21. The summed E-state index contributed by atoms with van der Waals surface area (Å²) >= 11 is 0. The fourth-order valence-corrected chi connectivity index (χ4v) is 6.01. The molecule has 0 radical (unpaired) electrons. The number of ether oxygens (including phenoxy) is 2. The van der Waals surface area contributed by atoms with Crippen molar-refractivity contribution in [3.05, 3.63) is 0 Å². The molecule has 0 rings (SSSR count). The van der Waals surface area contributed by atoms with E-state index in [4.69, 9.17) is 9.47 Å². The first kappa shape index (κ1) is 42.9. The fraction of sp³-hybridized carbons (Fsp3) is 0.949. The molecule has 0 aliphatic heterocycles. The Bertz CT molecular complexity index is 605. The summed E-state index contributed by atoms with van der Waals surface area (Å²) in [6.45, 7) is 7.85. The minimum absolute atomic E-state index is 0.0227. The molecule has 0 aromatic carbocycles. The van der Waals surface area contributed by atoms with E-state index in [2.05, 4.69) is 25.7 Å². The van der Waals surface area contributed by atoms with Crippen molar-refractivity contribution >= 4 is 11.9 Å². The summed E-state index contributed by atoms with van der Waals surface area (Å²) in [5.41, 5.74) is 0. The number of hydrogen-bond donors (Lipinski definition) is 0. The number of rotatable bonds is 34. The third kappa shape index (κ3) is 29.6. The Labute approximate surface area is 275 Å². The number of nitrogens with zero attached hydrogens (tertiary/aromatic N) is 1. The highest BCUT2D eigenvalue weighted by atomic mass is 16.6. The monoisotopic (exact) mass is 624 g/mol. The molecule has 0 saturated heterocycles. The second kappa shape index (κ2) is 33.3. The van der Waals surface area contributed by atoms with Gasteiger partial charge < -0.3 is 14.4 Å². The van der Waals surface area contributed by atoms with Crippen LogP contribution >= 0.6 is 0 Å². The maximum Gasteiger partial charge on any atom is 0.309 e. The summed E-state index contributed by atoms with van der Waals surface area (Å²) in [7, 11) is 4.04.